The van der Waals surface area contributed by atoms with Crippen LogP contribution in [0, 0.1) is 6.92 Å². The van der Waals surface area contributed by atoms with Gasteiger partial charge in [-0.3, -0.25) is 19.4 Å². The van der Waals surface area contributed by atoms with Gasteiger partial charge in [-0.15, -0.1) is 11.3 Å². The quantitative estimate of drug-likeness (QED) is 0.672. The lowest BCUT2D eigenvalue weighted by Crippen LogP contribution is -2.40. The molecule has 10 heteroatoms. The summed E-state index contributed by atoms with van der Waals surface area (Å²) in [6.07, 6.45) is -0.586. The van der Waals surface area contributed by atoms with Crippen LogP contribution in [0.2, 0.25) is 0 Å². The van der Waals surface area contributed by atoms with E-state index in [-0.39, 0.29) is 11.2 Å². The monoisotopic (exact) mass is 412 g/mol. The number of methoxy groups -OCH3 is 1. The fourth-order valence-corrected chi connectivity index (χ4v) is 4.02. The molecule has 0 bridgehead atoms. The van der Waals surface area contributed by atoms with Crippen LogP contribution in [0.3, 0.4) is 0 Å². The summed E-state index contributed by atoms with van der Waals surface area (Å²) < 4.78 is 13.1. The van der Waals surface area contributed by atoms with Gasteiger partial charge in [0.2, 0.25) is 0 Å². The molecule has 2 heterocycles. The van der Waals surface area contributed by atoms with Crippen LogP contribution in [0.25, 0.3) is 10.2 Å². The first-order valence-corrected chi connectivity index (χ1v) is 9.88. The highest BCUT2D eigenvalue weighted by Gasteiger charge is 2.20. The van der Waals surface area contributed by atoms with E-state index in [1.165, 1.54) is 15.9 Å². The highest BCUT2D eigenvalue weighted by molar-refractivity contribution is 7.18. The molecule has 1 amide bonds. The van der Waals surface area contributed by atoms with E-state index in [9.17, 15) is 14.4 Å². The van der Waals surface area contributed by atoms with Crippen LogP contribution < -0.4 is 22.1 Å². The van der Waals surface area contributed by atoms with Gasteiger partial charge in [-0.25, -0.2) is 15.0 Å². The number of nitrogens with zero attached hydrogens (tertiary/aromatic N) is 2. The molecular weight excluding hydrogens is 384 g/mol. The minimum absolute atomic E-state index is 0.295. The van der Waals surface area contributed by atoms with Gasteiger partial charge in [-0.2, -0.15) is 0 Å². The number of fused-ring (bicyclic) bond motifs is 1. The predicted molar refractivity (Wildman–Crippen MR) is 109 cm³/mol. The van der Waals surface area contributed by atoms with Crippen LogP contribution in [0.15, 0.2) is 9.59 Å². The number of hydrazine groups is 1. The molecule has 0 saturated heterocycles. The average Bonchev–Trinajstić information content (AvgIpc) is 2.90. The number of rotatable bonds is 7. The zero-order chi connectivity index (χ0) is 21.1. The normalized spacial score (nSPS) is 11.8. The van der Waals surface area contributed by atoms with Gasteiger partial charge in [-0.05, 0) is 40.2 Å². The maximum absolute atomic E-state index is 12.8. The van der Waals surface area contributed by atoms with Gasteiger partial charge in [-0.1, -0.05) is 0 Å². The van der Waals surface area contributed by atoms with Crippen molar-refractivity contribution in [1.29, 1.82) is 0 Å². The van der Waals surface area contributed by atoms with E-state index in [0.717, 1.165) is 10.4 Å². The number of thiophene rings is 1. The Morgan fingerprint density at radius 2 is 1.89 bits per heavy atom. The fourth-order valence-electron chi connectivity index (χ4n) is 2.77. The van der Waals surface area contributed by atoms with Crippen LogP contribution in [0.1, 0.15) is 38.1 Å². The van der Waals surface area contributed by atoms with Crippen LogP contribution >= 0.6 is 11.3 Å². The maximum atomic E-state index is 12.8. The van der Waals surface area contributed by atoms with E-state index < -0.39 is 11.7 Å². The van der Waals surface area contributed by atoms with E-state index in [4.69, 9.17) is 9.47 Å². The van der Waals surface area contributed by atoms with Crippen LogP contribution in [0.4, 0.5) is 4.79 Å². The molecule has 156 valence electrons. The van der Waals surface area contributed by atoms with Crippen molar-refractivity contribution in [2.45, 2.75) is 59.9 Å². The predicted octanol–water partition coefficient (Wildman–Crippen LogP) is 1.73. The lowest BCUT2D eigenvalue weighted by atomic mass is 10.2. The van der Waals surface area contributed by atoms with E-state index >= 15 is 0 Å². The van der Waals surface area contributed by atoms with Gasteiger partial charge in [0.15, 0.2) is 0 Å². The number of carbonyl (C=O) groups is 1. The molecule has 2 rings (SSSR count). The van der Waals surface area contributed by atoms with Gasteiger partial charge in [0.1, 0.15) is 10.4 Å². The third-order valence-corrected chi connectivity index (χ3v) is 5.38. The molecule has 0 spiro atoms. The lowest BCUT2D eigenvalue weighted by molar-refractivity contribution is 0.0497. The number of hydrogen-bond donors (Lipinski definition) is 2. The van der Waals surface area contributed by atoms with Crippen molar-refractivity contribution in [3.05, 3.63) is 31.3 Å². The minimum atomic E-state index is -0.595. The first-order chi connectivity index (χ1) is 13.1. The van der Waals surface area contributed by atoms with Gasteiger partial charge in [0, 0.05) is 25.1 Å². The fraction of sp³-hybridized carbons (Fsp3) is 0.611. The third kappa shape index (κ3) is 4.81. The Morgan fingerprint density at radius 3 is 2.46 bits per heavy atom. The van der Waals surface area contributed by atoms with E-state index in [2.05, 4.69) is 10.9 Å². The van der Waals surface area contributed by atoms with Crippen molar-refractivity contribution >= 4 is 27.6 Å². The van der Waals surface area contributed by atoms with E-state index in [1.807, 2.05) is 6.92 Å². The third-order valence-electron chi connectivity index (χ3n) is 4.07. The Labute approximate surface area is 167 Å². The molecule has 28 heavy (non-hydrogen) atoms. The Kier molecular flexibility index (Phi) is 7.02. The number of aromatic nitrogens is 2. The lowest BCUT2D eigenvalue weighted by Gasteiger charge is -2.19. The summed E-state index contributed by atoms with van der Waals surface area (Å²) in [4.78, 5) is 38.7. The second-order valence-corrected chi connectivity index (χ2v) is 8.37. The summed E-state index contributed by atoms with van der Waals surface area (Å²) in [5.41, 5.74) is 4.85. The second-order valence-electron chi connectivity index (χ2n) is 7.29. The number of carbonyl (C=O) groups excluding carboxylic acids is 1. The SMILES string of the molecule is CCn1c(=O)c2c(C)c(CNNC(=O)OC(C)(C)C)sc2n(CCOC)c1=O. The Hall–Kier alpha value is -2.17. The maximum Gasteiger partial charge on any atom is 0.422 e. The Morgan fingerprint density at radius 1 is 1.21 bits per heavy atom. The second kappa shape index (κ2) is 8.89. The van der Waals surface area contributed by atoms with Crippen molar-refractivity contribution in [3.63, 3.8) is 0 Å². The van der Waals surface area contributed by atoms with E-state index in [0.29, 0.717) is 36.5 Å². The molecule has 0 aliphatic heterocycles. The molecule has 2 N–H and O–H groups in total. The van der Waals surface area contributed by atoms with Gasteiger partial charge in [0.05, 0.1) is 18.5 Å². The van der Waals surface area contributed by atoms with Crippen molar-refractivity contribution < 1.29 is 14.3 Å². The molecule has 0 atom stereocenters. The Bertz CT molecular complexity index is 967. The van der Waals surface area contributed by atoms with Gasteiger partial charge < -0.3 is 9.47 Å². The van der Waals surface area contributed by atoms with Crippen molar-refractivity contribution in [2.75, 3.05) is 13.7 Å². The standard InChI is InChI=1S/C18H28N4O5S/c1-7-21-14(23)13-11(2)12(10-19-20-16(24)27-18(3,4)5)28-15(13)22(17(21)25)8-9-26-6/h19H,7-10H2,1-6H3,(H,20,24). The smallest absolute Gasteiger partial charge is 0.422 e. The molecule has 0 radical (unpaired) electrons. The molecule has 0 aromatic carbocycles. The van der Waals surface area contributed by atoms with Crippen molar-refractivity contribution in [2.24, 2.45) is 0 Å². The molecule has 0 unspecified atom stereocenters. The topological polar surface area (TPSA) is 104 Å². The first kappa shape index (κ1) is 22.1. The summed E-state index contributed by atoms with van der Waals surface area (Å²) in [6, 6.07) is 0. The largest absolute Gasteiger partial charge is 0.443 e. The summed E-state index contributed by atoms with van der Waals surface area (Å²) in [5, 5.41) is 0.525. The van der Waals surface area contributed by atoms with Gasteiger partial charge in [0.25, 0.3) is 5.56 Å². The van der Waals surface area contributed by atoms with Gasteiger partial charge >= 0.3 is 11.8 Å². The highest BCUT2D eigenvalue weighted by Crippen LogP contribution is 2.27. The number of nitrogens with one attached hydrogen (secondary N) is 2. The van der Waals surface area contributed by atoms with Crippen LogP contribution in [-0.2, 0) is 29.1 Å². The number of ether oxygens (including phenoxy) is 2. The highest BCUT2D eigenvalue weighted by atomic mass is 32.1. The first-order valence-electron chi connectivity index (χ1n) is 9.07. The zero-order valence-electron chi connectivity index (χ0n) is 17.2. The molecular formula is C18H28N4O5S. The molecule has 0 aliphatic rings. The summed E-state index contributed by atoms with van der Waals surface area (Å²) in [7, 11) is 1.56. The number of hydrogen-bond acceptors (Lipinski definition) is 7. The van der Waals surface area contributed by atoms with Crippen LogP contribution in [-0.4, -0.2) is 34.5 Å². The summed E-state index contributed by atoms with van der Waals surface area (Å²) >= 11 is 1.35. The molecule has 0 aliphatic carbocycles. The molecule has 2 aromatic rings. The average molecular weight is 413 g/mol. The minimum Gasteiger partial charge on any atom is -0.443 e. The van der Waals surface area contributed by atoms with Crippen LogP contribution in [0.5, 0.6) is 0 Å². The van der Waals surface area contributed by atoms with E-state index in [1.54, 1.807) is 39.4 Å². The van der Waals surface area contributed by atoms with Crippen molar-refractivity contribution in [3.8, 4) is 0 Å². The summed E-state index contributed by atoms with van der Waals surface area (Å²) in [6.45, 7) is 10.3. The van der Waals surface area contributed by atoms with Crippen molar-refractivity contribution in [1.82, 2.24) is 20.0 Å². The molecule has 0 fully saturated rings. The molecule has 9 nitrogen and oxygen atoms in total. The number of amides is 1. The summed E-state index contributed by atoms with van der Waals surface area (Å²) in [5.74, 6) is 0. The zero-order valence-corrected chi connectivity index (χ0v) is 18.0. The molecule has 2 aromatic heterocycles. The Balaban J connectivity index is 2.35. The molecule has 0 saturated carbocycles. The number of aryl methyl sites for hydroxylation is 1.